The Kier molecular flexibility index (Phi) is 6.89. The Balaban J connectivity index is 1.41. The lowest BCUT2D eigenvalue weighted by atomic mass is 10.1. The number of aliphatic hydroxyl groups excluding tert-OH is 1. The molecule has 0 bridgehead atoms. The molecule has 2 atom stereocenters. The quantitative estimate of drug-likeness (QED) is 0.496. The van der Waals surface area contributed by atoms with Gasteiger partial charge in [-0.25, -0.2) is 0 Å². The van der Waals surface area contributed by atoms with Gasteiger partial charge in [0.25, 0.3) is 0 Å². The molecule has 2 heterocycles. The van der Waals surface area contributed by atoms with E-state index in [2.05, 4.69) is 20.7 Å². The topological polar surface area (TPSA) is 92.1 Å². The molecule has 1 unspecified atom stereocenters. The molecule has 0 aliphatic carbocycles. The van der Waals surface area contributed by atoms with Crippen molar-refractivity contribution in [1.29, 1.82) is 0 Å². The number of hydrogen-bond acceptors (Lipinski definition) is 5. The number of aliphatic hydroxyl groups is 1. The second-order valence-corrected chi connectivity index (χ2v) is 6.60. The van der Waals surface area contributed by atoms with Crippen molar-refractivity contribution in [3.05, 3.63) is 78.4 Å². The van der Waals surface area contributed by atoms with Crippen LogP contribution in [0.3, 0.4) is 0 Å². The molecule has 0 spiro atoms. The summed E-state index contributed by atoms with van der Waals surface area (Å²) in [5.41, 5.74) is 2.72. The van der Waals surface area contributed by atoms with Crippen LogP contribution in [0.15, 0.2) is 67.3 Å². The lowest BCUT2D eigenvalue weighted by Gasteiger charge is -2.13. The van der Waals surface area contributed by atoms with E-state index in [-0.39, 0.29) is 11.9 Å². The van der Waals surface area contributed by atoms with Crippen molar-refractivity contribution < 1.29 is 9.90 Å². The SMILES string of the molecule is CC(C(=O)Nc1ccc(CCNC[C@H](O)c2cccnc2)cc1)n1cccn1. The number of aromatic nitrogens is 3. The van der Waals surface area contributed by atoms with E-state index >= 15 is 0 Å². The number of carbonyl (C=O) groups is 1. The first kappa shape index (κ1) is 19.7. The Bertz CT molecular complexity index is 850. The zero-order valence-electron chi connectivity index (χ0n) is 15.8. The third kappa shape index (κ3) is 5.48. The molecule has 3 rings (SSSR count). The van der Waals surface area contributed by atoms with Gasteiger partial charge in [-0.2, -0.15) is 5.10 Å². The molecule has 3 aromatic rings. The Morgan fingerprint density at radius 1 is 1.18 bits per heavy atom. The van der Waals surface area contributed by atoms with Crippen LogP contribution in [0.25, 0.3) is 0 Å². The van der Waals surface area contributed by atoms with Gasteiger partial charge in [0.1, 0.15) is 6.04 Å². The van der Waals surface area contributed by atoms with Crippen molar-refractivity contribution in [3.8, 4) is 0 Å². The molecule has 0 aliphatic heterocycles. The Hall–Kier alpha value is -3.03. The second-order valence-electron chi connectivity index (χ2n) is 6.60. The Labute approximate surface area is 164 Å². The number of nitrogens with one attached hydrogen (secondary N) is 2. The van der Waals surface area contributed by atoms with Gasteiger partial charge < -0.3 is 15.7 Å². The van der Waals surface area contributed by atoms with E-state index in [9.17, 15) is 9.90 Å². The molecule has 1 aromatic carbocycles. The van der Waals surface area contributed by atoms with Crippen LogP contribution in [-0.2, 0) is 11.2 Å². The normalized spacial score (nSPS) is 13.1. The molecular weight excluding hydrogens is 354 g/mol. The van der Waals surface area contributed by atoms with Crippen molar-refractivity contribution in [2.45, 2.75) is 25.5 Å². The highest BCUT2D eigenvalue weighted by atomic mass is 16.3. The standard InChI is InChI=1S/C21H25N5O2/c1-16(26-13-3-11-24-26)21(28)25-19-7-5-17(6-8-19)9-12-23-15-20(27)18-4-2-10-22-14-18/h2-8,10-11,13-14,16,20,23,27H,9,12,15H2,1H3,(H,25,28)/t16?,20-/m0/s1. The Morgan fingerprint density at radius 3 is 2.68 bits per heavy atom. The fourth-order valence-electron chi connectivity index (χ4n) is 2.79. The summed E-state index contributed by atoms with van der Waals surface area (Å²) in [7, 11) is 0. The van der Waals surface area contributed by atoms with E-state index in [1.54, 1.807) is 35.5 Å². The van der Waals surface area contributed by atoms with Crippen LogP contribution in [0.4, 0.5) is 5.69 Å². The number of pyridine rings is 1. The summed E-state index contributed by atoms with van der Waals surface area (Å²) in [6, 6.07) is 12.9. The predicted molar refractivity (Wildman–Crippen MR) is 108 cm³/mol. The molecule has 0 aliphatic rings. The van der Waals surface area contributed by atoms with Gasteiger partial charge in [-0.05, 0) is 49.7 Å². The fraction of sp³-hybridized carbons (Fsp3) is 0.286. The highest BCUT2D eigenvalue weighted by Gasteiger charge is 2.14. The number of anilines is 1. The number of benzene rings is 1. The Morgan fingerprint density at radius 2 is 2.00 bits per heavy atom. The number of carbonyl (C=O) groups excluding carboxylic acids is 1. The average Bonchev–Trinajstić information content (AvgIpc) is 3.27. The molecule has 3 N–H and O–H groups in total. The minimum atomic E-state index is -0.567. The number of amides is 1. The maximum atomic E-state index is 12.3. The summed E-state index contributed by atoms with van der Waals surface area (Å²) in [5.74, 6) is -0.109. The highest BCUT2D eigenvalue weighted by Crippen LogP contribution is 2.13. The van der Waals surface area contributed by atoms with E-state index in [4.69, 9.17) is 0 Å². The molecule has 146 valence electrons. The van der Waals surface area contributed by atoms with Crippen LogP contribution in [0.2, 0.25) is 0 Å². The summed E-state index contributed by atoms with van der Waals surface area (Å²) in [6.07, 6.45) is 7.05. The van der Waals surface area contributed by atoms with E-state index in [0.29, 0.717) is 6.54 Å². The molecule has 1 amide bonds. The molecule has 28 heavy (non-hydrogen) atoms. The highest BCUT2D eigenvalue weighted by molar-refractivity contribution is 5.93. The largest absolute Gasteiger partial charge is 0.387 e. The lowest BCUT2D eigenvalue weighted by molar-refractivity contribution is -0.119. The molecule has 0 saturated heterocycles. The van der Waals surface area contributed by atoms with Gasteiger partial charge in [0.2, 0.25) is 5.91 Å². The van der Waals surface area contributed by atoms with Gasteiger partial charge in [-0.1, -0.05) is 18.2 Å². The molecule has 2 aromatic heterocycles. The fourth-order valence-corrected chi connectivity index (χ4v) is 2.79. The first-order valence-corrected chi connectivity index (χ1v) is 9.31. The molecule has 7 nitrogen and oxygen atoms in total. The van der Waals surface area contributed by atoms with Crippen LogP contribution < -0.4 is 10.6 Å². The van der Waals surface area contributed by atoms with Gasteiger partial charge in [0.15, 0.2) is 0 Å². The van der Waals surface area contributed by atoms with Crippen molar-refractivity contribution >= 4 is 11.6 Å². The number of hydrogen-bond donors (Lipinski definition) is 3. The molecule has 0 saturated carbocycles. The van der Waals surface area contributed by atoms with Gasteiger partial charge in [-0.15, -0.1) is 0 Å². The predicted octanol–water partition coefficient (Wildman–Crippen LogP) is 2.34. The average molecular weight is 379 g/mol. The van der Waals surface area contributed by atoms with E-state index in [1.807, 2.05) is 43.3 Å². The van der Waals surface area contributed by atoms with Gasteiger partial charge in [0.05, 0.1) is 6.10 Å². The monoisotopic (exact) mass is 379 g/mol. The smallest absolute Gasteiger partial charge is 0.248 e. The molecule has 7 heteroatoms. The van der Waals surface area contributed by atoms with Crippen molar-refractivity contribution in [3.63, 3.8) is 0 Å². The van der Waals surface area contributed by atoms with Gasteiger partial charge in [0, 0.05) is 42.6 Å². The number of nitrogens with zero attached hydrogens (tertiary/aromatic N) is 3. The molecule has 0 fully saturated rings. The third-order valence-electron chi connectivity index (χ3n) is 4.52. The van der Waals surface area contributed by atoms with Crippen molar-refractivity contribution in [1.82, 2.24) is 20.1 Å². The summed E-state index contributed by atoms with van der Waals surface area (Å²) in [4.78, 5) is 16.3. The van der Waals surface area contributed by atoms with Crippen molar-refractivity contribution in [2.24, 2.45) is 0 Å². The van der Waals surface area contributed by atoms with Crippen LogP contribution in [0, 0.1) is 0 Å². The first-order valence-electron chi connectivity index (χ1n) is 9.31. The summed E-state index contributed by atoms with van der Waals surface area (Å²) in [6.45, 7) is 3.03. The maximum Gasteiger partial charge on any atom is 0.248 e. The molecular formula is C21H25N5O2. The van der Waals surface area contributed by atoms with E-state index < -0.39 is 6.10 Å². The summed E-state index contributed by atoms with van der Waals surface area (Å²) < 4.78 is 1.62. The van der Waals surface area contributed by atoms with Crippen LogP contribution in [-0.4, -0.2) is 38.9 Å². The zero-order valence-corrected chi connectivity index (χ0v) is 15.8. The van der Waals surface area contributed by atoms with Crippen LogP contribution in [0.5, 0.6) is 0 Å². The summed E-state index contributed by atoms with van der Waals surface area (Å²) >= 11 is 0. The lowest BCUT2D eigenvalue weighted by Crippen LogP contribution is -2.24. The number of rotatable bonds is 9. The third-order valence-corrected chi connectivity index (χ3v) is 4.52. The van der Waals surface area contributed by atoms with Crippen molar-refractivity contribution in [2.75, 3.05) is 18.4 Å². The maximum absolute atomic E-state index is 12.3. The van der Waals surface area contributed by atoms with Gasteiger partial charge in [-0.3, -0.25) is 14.5 Å². The van der Waals surface area contributed by atoms with Gasteiger partial charge >= 0.3 is 0 Å². The molecule has 0 radical (unpaired) electrons. The summed E-state index contributed by atoms with van der Waals surface area (Å²) in [5, 5.41) is 20.4. The van der Waals surface area contributed by atoms with Crippen LogP contribution in [0.1, 0.15) is 30.2 Å². The van der Waals surface area contributed by atoms with E-state index in [0.717, 1.165) is 29.8 Å². The minimum Gasteiger partial charge on any atom is -0.387 e. The van der Waals surface area contributed by atoms with Crippen LogP contribution >= 0.6 is 0 Å². The second kappa shape index (κ2) is 9.77. The van der Waals surface area contributed by atoms with E-state index in [1.165, 1.54) is 0 Å². The first-order chi connectivity index (χ1) is 13.6. The minimum absolute atomic E-state index is 0.109. The zero-order chi connectivity index (χ0) is 19.8.